The number of ether oxygens (including phenoxy) is 2. The Morgan fingerprint density at radius 1 is 1.05 bits per heavy atom. The highest BCUT2D eigenvalue weighted by Crippen LogP contribution is 1.77. The summed E-state index contributed by atoms with van der Waals surface area (Å²) < 4.78 is 9.21. The average molecular weight is 277 g/mol. The SMILES string of the molecule is NC(=O)COCCNC(=O)NC(=O)COCC(=O)O. The molecule has 0 aromatic carbocycles. The lowest BCUT2D eigenvalue weighted by molar-refractivity contribution is -0.143. The van der Waals surface area contributed by atoms with E-state index in [-0.39, 0.29) is 19.8 Å². The van der Waals surface area contributed by atoms with Gasteiger partial charge in [-0.1, -0.05) is 0 Å². The van der Waals surface area contributed by atoms with Gasteiger partial charge in [0.05, 0.1) is 6.61 Å². The van der Waals surface area contributed by atoms with Gasteiger partial charge in [0, 0.05) is 6.54 Å². The molecule has 0 saturated heterocycles. The number of carboxylic acids is 1. The molecular weight excluding hydrogens is 262 g/mol. The number of nitrogens with one attached hydrogen (secondary N) is 2. The molecule has 0 aromatic rings. The van der Waals surface area contributed by atoms with Gasteiger partial charge in [-0.3, -0.25) is 14.9 Å². The molecule has 0 aliphatic heterocycles. The Kier molecular flexibility index (Phi) is 8.66. The number of carbonyl (C=O) groups is 4. The van der Waals surface area contributed by atoms with Crippen LogP contribution >= 0.6 is 0 Å². The average Bonchev–Trinajstić information content (AvgIpc) is 2.27. The molecule has 5 N–H and O–H groups in total. The van der Waals surface area contributed by atoms with Gasteiger partial charge in [-0.15, -0.1) is 0 Å². The van der Waals surface area contributed by atoms with Crippen molar-refractivity contribution in [1.82, 2.24) is 10.6 Å². The zero-order valence-electron chi connectivity index (χ0n) is 10.0. The van der Waals surface area contributed by atoms with Gasteiger partial charge in [-0.05, 0) is 0 Å². The molecule has 108 valence electrons. The minimum atomic E-state index is -1.22. The van der Waals surface area contributed by atoms with Crippen LogP contribution in [0.15, 0.2) is 0 Å². The lowest BCUT2D eigenvalue weighted by Gasteiger charge is -2.06. The number of urea groups is 1. The van der Waals surface area contributed by atoms with Crippen LogP contribution in [0.25, 0.3) is 0 Å². The number of aliphatic carboxylic acids is 1. The van der Waals surface area contributed by atoms with Crippen molar-refractivity contribution in [2.24, 2.45) is 5.73 Å². The number of carboxylic acid groups (broad SMARTS) is 1. The maximum Gasteiger partial charge on any atom is 0.329 e. The molecule has 4 amide bonds. The van der Waals surface area contributed by atoms with E-state index in [2.05, 4.69) is 10.1 Å². The summed E-state index contributed by atoms with van der Waals surface area (Å²) in [6.07, 6.45) is 0. The van der Waals surface area contributed by atoms with Crippen molar-refractivity contribution in [3.05, 3.63) is 0 Å². The molecule has 10 heteroatoms. The molecule has 0 bridgehead atoms. The molecule has 0 saturated carbocycles. The normalized spacial score (nSPS) is 9.68. The summed E-state index contributed by atoms with van der Waals surface area (Å²) in [7, 11) is 0. The largest absolute Gasteiger partial charge is 0.480 e. The maximum absolute atomic E-state index is 11.1. The summed E-state index contributed by atoms with van der Waals surface area (Å²) in [6.45, 7) is -1.30. The molecule has 0 aliphatic rings. The first-order valence-corrected chi connectivity index (χ1v) is 5.15. The predicted octanol–water partition coefficient (Wildman–Crippen LogP) is -2.58. The number of carbonyl (C=O) groups excluding carboxylic acids is 3. The van der Waals surface area contributed by atoms with E-state index in [1.165, 1.54) is 0 Å². The van der Waals surface area contributed by atoms with Crippen LogP contribution in [0.4, 0.5) is 4.79 Å². The third kappa shape index (κ3) is 12.1. The molecule has 0 rings (SSSR count). The molecule has 19 heavy (non-hydrogen) atoms. The summed E-state index contributed by atoms with van der Waals surface area (Å²) in [6, 6.07) is -0.786. The molecule has 0 fully saturated rings. The van der Waals surface area contributed by atoms with Crippen LogP contribution < -0.4 is 16.4 Å². The van der Waals surface area contributed by atoms with E-state index in [1.807, 2.05) is 5.32 Å². The number of imide groups is 1. The second kappa shape index (κ2) is 9.79. The summed E-state index contributed by atoms with van der Waals surface area (Å²) in [4.78, 5) is 42.5. The van der Waals surface area contributed by atoms with Crippen LogP contribution in [0.3, 0.4) is 0 Å². The highest BCUT2D eigenvalue weighted by atomic mass is 16.5. The quantitative estimate of drug-likeness (QED) is 0.337. The minimum absolute atomic E-state index is 0.0556. The van der Waals surface area contributed by atoms with Gasteiger partial charge in [-0.2, -0.15) is 0 Å². The van der Waals surface area contributed by atoms with Gasteiger partial charge >= 0.3 is 12.0 Å². The number of amides is 4. The van der Waals surface area contributed by atoms with Gasteiger partial charge < -0.3 is 25.6 Å². The Morgan fingerprint density at radius 3 is 2.32 bits per heavy atom. The molecule has 0 radical (unpaired) electrons. The van der Waals surface area contributed by atoms with Crippen molar-refractivity contribution in [2.45, 2.75) is 0 Å². The van der Waals surface area contributed by atoms with E-state index in [4.69, 9.17) is 15.6 Å². The summed E-state index contributed by atoms with van der Waals surface area (Å²) in [5.74, 6) is -2.63. The minimum Gasteiger partial charge on any atom is -0.480 e. The highest BCUT2D eigenvalue weighted by molar-refractivity contribution is 5.94. The maximum atomic E-state index is 11.1. The molecule has 0 unspecified atom stereocenters. The highest BCUT2D eigenvalue weighted by Gasteiger charge is 2.08. The van der Waals surface area contributed by atoms with Crippen molar-refractivity contribution >= 4 is 23.8 Å². The lowest BCUT2D eigenvalue weighted by Crippen LogP contribution is -2.42. The first-order valence-electron chi connectivity index (χ1n) is 5.15. The van der Waals surface area contributed by atoms with Gasteiger partial charge in [-0.25, -0.2) is 9.59 Å². The molecule has 0 spiro atoms. The Labute approximate surface area is 108 Å². The van der Waals surface area contributed by atoms with Crippen molar-refractivity contribution < 1.29 is 33.8 Å². The molecular formula is C9H15N3O7. The third-order valence-corrected chi connectivity index (χ3v) is 1.49. The predicted molar refractivity (Wildman–Crippen MR) is 60.0 cm³/mol. The van der Waals surface area contributed by atoms with Gasteiger partial charge in [0.2, 0.25) is 5.91 Å². The number of rotatable bonds is 9. The van der Waals surface area contributed by atoms with Crippen molar-refractivity contribution in [1.29, 1.82) is 0 Å². The summed E-state index contributed by atoms with van der Waals surface area (Å²) in [5, 5.41) is 12.4. The number of hydrogen-bond acceptors (Lipinski definition) is 6. The van der Waals surface area contributed by atoms with Crippen LogP contribution in [0.2, 0.25) is 0 Å². The molecule has 10 nitrogen and oxygen atoms in total. The monoisotopic (exact) mass is 277 g/mol. The topological polar surface area (TPSA) is 157 Å². The summed E-state index contributed by atoms with van der Waals surface area (Å²) in [5.41, 5.74) is 4.80. The van der Waals surface area contributed by atoms with Gasteiger partial charge in [0.1, 0.15) is 19.8 Å². The molecule has 0 atom stereocenters. The van der Waals surface area contributed by atoms with E-state index >= 15 is 0 Å². The Hall–Kier alpha value is -2.20. The van der Waals surface area contributed by atoms with E-state index in [9.17, 15) is 19.2 Å². The van der Waals surface area contributed by atoms with Crippen LogP contribution in [-0.4, -0.2) is 61.9 Å². The van der Waals surface area contributed by atoms with Gasteiger partial charge in [0.25, 0.3) is 5.91 Å². The number of nitrogens with two attached hydrogens (primary N) is 1. The molecule has 0 aliphatic carbocycles. The Balaban J connectivity index is 3.54. The van der Waals surface area contributed by atoms with Crippen molar-refractivity contribution in [3.63, 3.8) is 0 Å². The van der Waals surface area contributed by atoms with E-state index in [1.54, 1.807) is 0 Å². The van der Waals surface area contributed by atoms with Gasteiger partial charge in [0.15, 0.2) is 0 Å². The smallest absolute Gasteiger partial charge is 0.329 e. The third-order valence-electron chi connectivity index (χ3n) is 1.49. The molecule has 0 heterocycles. The Bertz CT molecular complexity index is 345. The van der Waals surface area contributed by atoms with E-state index < -0.39 is 37.0 Å². The fourth-order valence-electron chi connectivity index (χ4n) is 0.847. The lowest BCUT2D eigenvalue weighted by atomic mass is 10.6. The first-order chi connectivity index (χ1) is 8.91. The van der Waals surface area contributed by atoms with Crippen LogP contribution in [-0.2, 0) is 23.9 Å². The first kappa shape index (κ1) is 16.8. The zero-order valence-corrected chi connectivity index (χ0v) is 10.0. The van der Waals surface area contributed by atoms with Crippen LogP contribution in [0.1, 0.15) is 0 Å². The molecule has 0 aromatic heterocycles. The van der Waals surface area contributed by atoms with Crippen LogP contribution in [0.5, 0.6) is 0 Å². The standard InChI is InChI=1S/C9H15N3O7/c10-6(13)3-18-2-1-11-9(17)12-7(14)4-19-5-8(15)16/h1-5H2,(H2,10,13)(H,15,16)(H2,11,12,14,17). The van der Waals surface area contributed by atoms with Crippen LogP contribution in [0, 0.1) is 0 Å². The second-order valence-corrected chi connectivity index (χ2v) is 3.21. The van der Waals surface area contributed by atoms with Crippen molar-refractivity contribution in [2.75, 3.05) is 33.0 Å². The van der Waals surface area contributed by atoms with E-state index in [0.29, 0.717) is 0 Å². The number of hydrogen-bond donors (Lipinski definition) is 4. The number of primary amides is 1. The fourth-order valence-corrected chi connectivity index (χ4v) is 0.847. The van der Waals surface area contributed by atoms with E-state index in [0.717, 1.165) is 0 Å². The van der Waals surface area contributed by atoms with Crippen molar-refractivity contribution in [3.8, 4) is 0 Å². The fraction of sp³-hybridized carbons (Fsp3) is 0.556. The summed E-state index contributed by atoms with van der Waals surface area (Å²) >= 11 is 0. The second-order valence-electron chi connectivity index (χ2n) is 3.21. The Morgan fingerprint density at radius 2 is 1.74 bits per heavy atom. The zero-order chi connectivity index (χ0) is 14.7.